The smallest absolute Gasteiger partial charge is 0.152 e. The highest BCUT2D eigenvalue weighted by molar-refractivity contribution is 5.97. The standard InChI is InChI=1S/C9H6FNO/c10-11-5-7(6-12)8-3-1-2-4-9(8)11/h1-6H. The number of nitrogens with zero attached hydrogens (tertiary/aromatic N) is 1. The highest BCUT2D eigenvalue weighted by Gasteiger charge is 2.05. The maximum Gasteiger partial charge on any atom is 0.152 e. The first kappa shape index (κ1) is 7.03. The molecule has 0 aliphatic heterocycles. The van der Waals surface area contributed by atoms with Crippen molar-refractivity contribution >= 4 is 17.2 Å². The van der Waals surface area contributed by atoms with Gasteiger partial charge in [0.05, 0.1) is 5.52 Å². The van der Waals surface area contributed by atoms with Gasteiger partial charge in [-0.3, -0.25) is 4.79 Å². The van der Waals surface area contributed by atoms with E-state index in [2.05, 4.69) is 0 Å². The molecule has 2 rings (SSSR count). The molecule has 0 aliphatic rings. The monoisotopic (exact) mass is 163 g/mol. The van der Waals surface area contributed by atoms with Gasteiger partial charge >= 0.3 is 0 Å². The summed E-state index contributed by atoms with van der Waals surface area (Å²) in [6.07, 6.45) is 1.83. The Balaban J connectivity index is 2.91. The second-order valence-corrected chi connectivity index (χ2v) is 2.53. The van der Waals surface area contributed by atoms with E-state index in [0.717, 1.165) is 0 Å². The Bertz CT molecular complexity index is 433. The second-order valence-electron chi connectivity index (χ2n) is 2.53. The van der Waals surface area contributed by atoms with Gasteiger partial charge < -0.3 is 0 Å². The lowest BCUT2D eigenvalue weighted by Crippen LogP contribution is -1.74. The van der Waals surface area contributed by atoms with Crippen LogP contribution in [0.15, 0.2) is 30.5 Å². The molecule has 1 aromatic heterocycles. The molecule has 2 aromatic rings. The molecule has 3 heteroatoms. The number of rotatable bonds is 1. The number of aromatic nitrogens is 1. The van der Waals surface area contributed by atoms with Crippen LogP contribution in [-0.2, 0) is 0 Å². The van der Waals surface area contributed by atoms with Gasteiger partial charge in [0, 0.05) is 17.1 Å². The SMILES string of the molecule is O=Cc1cn(F)c2ccccc12. The molecule has 0 fully saturated rings. The maximum absolute atomic E-state index is 13.0. The third-order valence-electron chi connectivity index (χ3n) is 1.82. The van der Waals surface area contributed by atoms with Gasteiger partial charge in [-0.25, -0.2) is 0 Å². The summed E-state index contributed by atoms with van der Waals surface area (Å²) < 4.78 is 13.0. The van der Waals surface area contributed by atoms with Crippen LogP contribution in [0, 0.1) is 0 Å². The topological polar surface area (TPSA) is 22.0 Å². The van der Waals surface area contributed by atoms with E-state index in [9.17, 15) is 9.28 Å². The normalized spacial score (nSPS) is 10.4. The van der Waals surface area contributed by atoms with E-state index in [-0.39, 0.29) is 0 Å². The molecule has 0 spiro atoms. The number of carbonyl (C=O) groups excluding carboxylic acids is 1. The van der Waals surface area contributed by atoms with Crippen molar-refractivity contribution in [1.29, 1.82) is 0 Å². The Hall–Kier alpha value is -1.64. The zero-order chi connectivity index (χ0) is 8.55. The van der Waals surface area contributed by atoms with Gasteiger partial charge in [0.25, 0.3) is 0 Å². The highest BCUT2D eigenvalue weighted by atomic mass is 19.2. The molecule has 0 unspecified atom stereocenters. The number of halogens is 1. The van der Waals surface area contributed by atoms with Crippen LogP contribution in [-0.4, -0.2) is 11.1 Å². The Morgan fingerprint density at radius 1 is 1.33 bits per heavy atom. The molecule has 0 amide bonds. The summed E-state index contributed by atoms with van der Waals surface area (Å²) in [5.41, 5.74) is 0.813. The quantitative estimate of drug-likeness (QED) is 0.590. The van der Waals surface area contributed by atoms with E-state index in [4.69, 9.17) is 0 Å². The van der Waals surface area contributed by atoms with Crippen molar-refractivity contribution in [3.63, 3.8) is 0 Å². The fourth-order valence-corrected chi connectivity index (χ4v) is 1.26. The molecule has 1 heterocycles. The van der Waals surface area contributed by atoms with Crippen molar-refractivity contribution in [2.75, 3.05) is 0 Å². The second kappa shape index (κ2) is 2.44. The molecule has 0 radical (unpaired) electrons. The summed E-state index contributed by atoms with van der Waals surface area (Å²) in [6, 6.07) is 6.85. The minimum Gasteiger partial charge on any atom is -0.298 e. The van der Waals surface area contributed by atoms with Crippen LogP contribution < -0.4 is 0 Å². The Morgan fingerprint density at radius 3 is 2.83 bits per heavy atom. The first-order valence-corrected chi connectivity index (χ1v) is 3.54. The van der Waals surface area contributed by atoms with Gasteiger partial charge in [-0.05, 0) is 6.07 Å². The number of para-hydroxylation sites is 1. The van der Waals surface area contributed by atoms with Crippen LogP contribution in [0.4, 0.5) is 4.48 Å². The van der Waals surface area contributed by atoms with Crippen molar-refractivity contribution in [1.82, 2.24) is 4.79 Å². The van der Waals surface area contributed by atoms with E-state index in [1.54, 1.807) is 24.3 Å². The number of hydrogen-bond donors (Lipinski definition) is 0. The number of fused-ring (bicyclic) bond motifs is 1. The first-order valence-electron chi connectivity index (χ1n) is 3.54. The fraction of sp³-hybridized carbons (Fsp3) is 0. The van der Waals surface area contributed by atoms with Gasteiger partial charge in [0.1, 0.15) is 0 Å². The minimum absolute atomic E-state index is 0.383. The summed E-state index contributed by atoms with van der Waals surface area (Å²) in [4.78, 5) is 10.9. The average molecular weight is 163 g/mol. The molecule has 60 valence electrons. The van der Waals surface area contributed by atoms with Crippen molar-refractivity contribution in [3.05, 3.63) is 36.0 Å². The third kappa shape index (κ3) is 0.830. The van der Waals surface area contributed by atoms with Gasteiger partial charge in [-0.2, -0.15) is 4.79 Å². The van der Waals surface area contributed by atoms with Gasteiger partial charge in [-0.1, -0.05) is 22.7 Å². The van der Waals surface area contributed by atoms with Crippen LogP contribution in [0.3, 0.4) is 0 Å². The van der Waals surface area contributed by atoms with Crippen molar-refractivity contribution in [3.8, 4) is 0 Å². The summed E-state index contributed by atoms with van der Waals surface area (Å²) in [7, 11) is 0. The van der Waals surface area contributed by atoms with E-state index in [0.29, 0.717) is 27.5 Å². The van der Waals surface area contributed by atoms with Crippen molar-refractivity contribution in [2.24, 2.45) is 0 Å². The summed E-state index contributed by atoms with van der Waals surface area (Å²) >= 11 is 0. The zero-order valence-corrected chi connectivity index (χ0v) is 6.20. The number of hydrogen-bond acceptors (Lipinski definition) is 1. The molecule has 2 nitrogen and oxygen atoms in total. The lowest BCUT2D eigenvalue weighted by atomic mass is 10.2. The van der Waals surface area contributed by atoms with Crippen LogP contribution in [0.1, 0.15) is 10.4 Å². The molecular weight excluding hydrogens is 157 g/mol. The predicted molar refractivity (Wildman–Crippen MR) is 43.8 cm³/mol. The Labute approximate surface area is 68.2 Å². The van der Waals surface area contributed by atoms with E-state index in [1.807, 2.05) is 0 Å². The molecule has 0 N–H and O–H groups in total. The maximum atomic E-state index is 13.0. The van der Waals surface area contributed by atoms with E-state index >= 15 is 0 Å². The van der Waals surface area contributed by atoms with Gasteiger partial charge in [0.15, 0.2) is 6.29 Å². The minimum atomic E-state index is 0.383. The largest absolute Gasteiger partial charge is 0.298 e. The lowest BCUT2D eigenvalue weighted by Gasteiger charge is -1.88. The molecule has 0 saturated carbocycles. The molecule has 0 atom stereocenters. The van der Waals surface area contributed by atoms with Crippen LogP contribution in [0.2, 0.25) is 0 Å². The fourth-order valence-electron chi connectivity index (χ4n) is 1.26. The van der Waals surface area contributed by atoms with Crippen LogP contribution in [0.25, 0.3) is 10.9 Å². The molecule has 0 bridgehead atoms. The summed E-state index contributed by atoms with van der Waals surface area (Å²) in [6.45, 7) is 0. The lowest BCUT2D eigenvalue weighted by molar-refractivity contribution is 0.112. The van der Waals surface area contributed by atoms with Crippen LogP contribution >= 0.6 is 0 Å². The molecular formula is C9H6FNO. The molecule has 1 aromatic carbocycles. The molecule has 0 aliphatic carbocycles. The van der Waals surface area contributed by atoms with E-state index in [1.165, 1.54) is 6.20 Å². The van der Waals surface area contributed by atoms with Crippen LogP contribution in [0.5, 0.6) is 0 Å². The van der Waals surface area contributed by atoms with Crippen molar-refractivity contribution in [2.45, 2.75) is 0 Å². The molecule has 12 heavy (non-hydrogen) atoms. The summed E-state index contributed by atoms with van der Waals surface area (Å²) in [5.74, 6) is 0. The highest BCUT2D eigenvalue weighted by Crippen LogP contribution is 2.19. The summed E-state index contributed by atoms with van der Waals surface area (Å²) in [5, 5.41) is 0.648. The Morgan fingerprint density at radius 2 is 2.08 bits per heavy atom. The first-order chi connectivity index (χ1) is 5.83. The number of carbonyl (C=O) groups is 1. The zero-order valence-electron chi connectivity index (χ0n) is 6.20. The third-order valence-corrected chi connectivity index (χ3v) is 1.82. The Kier molecular flexibility index (Phi) is 1.43. The van der Waals surface area contributed by atoms with Crippen molar-refractivity contribution < 1.29 is 9.28 Å². The number of benzene rings is 1. The predicted octanol–water partition coefficient (Wildman–Crippen LogP) is 2.19. The number of aldehydes is 1. The van der Waals surface area contributed by atoms with E-state index < -0.39 is 0 Å². The van der Waals surface area contributed by atoms with Gasteiger partial charge in [-0.15, -0.1) is 0 Å². The average Bonchev–Trinajstić information content (AvgIpc) is 2.44. The van der Waals surface area contributed by atoms with Gasteiger partial charge in [0.2, 0.25) is 0 Å². The molecule has 0 saturated heterocycles.